The summed E-state index contributed by atoms with van der Waals surface area (Å²) in [6, 6.07) is 10.1. The van der Waals surface area contributed by atoms with Crippen LogP contribution in [0.4, 0.5) is 0 Å². The zero-order valence-corrected chi connectivity index (χ0v) is 8.72. The van der Waals surface area contributed by atoms with Gasteiger partial charge in [0.2, 0.25) is 0 Å². The quantitative estimate of drug-likeness (QED) is 0.825. The molecule has 0 aliphatic rings. The van der Waals surface area contributed by atoms with Crippen LogP contribution in [-0.2, 0) is 13.0 Å². The summed E-state index contributed by atoms with van der Waals surface area (Å²) in [5.41, 5.74) is 3.02. The molecule has 78 valence electrons. The van der Waals surface area contributed by atoms with E-state index in [1.165, 1.54) is 5.56 Å². The number of nitrogens with zero attached hydrogens (tertiary/aromatic N) is 2. The van der Waals surface area contributed by atoms with E-state index in [9.17, 15) is 0 Å². The summed E-state index contributed by atoms with van der Waals surface area (Å²) in [6.45, 7) is 2.12. The van der Waals surface area contributed by atoms with Crippen LogP contribution in [-0.4, -0.2) is 14.9 Å². The van der Waals surface area contributed by atoms with Crippen molar-refractivity contribution in [2.75, 3.05) is 0 Å². The van der Waals surface area contributed by atoms with Gasteiger partial charge in [0.25, 0.3) is 0 Å². The zero-order chi connectivity index (χ0) is 10.7. The molecule has 3 nitrogen and oxygen atoms in total. The van der Waals surface area contributed by atoms with Gasteiger partial charge in [-0.15, -0.1) is 0 Å². The second-order valence-electron chi connectivity index (χ2n) is 3.43. The van der Waals surface area contributed by atoms with E-state index in [-0.39, 0.29) is 6.61 Å². The molecule has 0 aliphatic heterocycles. The average molecular weight is 202 g/mol. The Morgan fingerprint density at radius 1 is 1.20 bits per heavy atom. The summed E-state index contributed by atoms with van der Waals surface area (Å²) in [5, 5.41) is 13.1. The maximum atomic E-state index is 8.90. The summed E-state index contributed by atoms with van der Waals surface area (Å²) in [7, 11) is 0. The minimum absolute atomic E-state index is 0.0138. The first-order valence-electron chi connectivity index (χ1n) is 5.08. The first-order valence-corrected chi connectivity index (χ1v) is 5.08. The smallest absolute Gasteiger partial charge is 0.0883 e. The fourth-order valence-electron chi connectivity index (χ4n) is 1.47. The minimum Gasteiger partial charge on any atom is -0.390 e. The topological polar surface area (TPSA) is 38.0 Å². The molecular weight excluding hydrogens is 188 g/mol. The molecule has 0 atom stereocenters. The van der Waals surface area contributed by atoms with Gasteiger partial charge in [-0.1, -0.05) is 19.1 Å². The van der Waals surface area contributed by atoms with Gasteiger partial charge in [-0.3, -0.25) is 0 Å². The van der Waals surface area contributed by atoms with Crippen LogP contribution in [0.25, 0.3) is 5.69 Å². The molecule has 0 spiro atoms. The molecule has 0 saturated heterocycles. The van der Waals surface area contributed by atoms with Gasteiger partial charge in [-0.05, 0) is 30.2 Å². The summed E-state index contributed by atoms with van der Waals surface area (Å²) in [4.78, 5) is 0. The maximum absolute atomic E-state index is 8.90. The number of aromatic nitrogens is 2. The van der Waals surface area contributed by atoms with Crippen LogP contribution in [0.5, 0.6) is 0 Å². The predicted octanol–water partition coefficient (Wildman–Crippen LogP) is 1.93. The van der Waals surface area contributed by atoms with Crippen molar-refractivity contribution in [3.05, 3.63) is 47.8 Å². The van der Waals surface area contributed by atoms with E-state index in [0.717, 1.165) is 12.1 Å². The molecule has 0 bridgehead atoms. The molecular formula is C12H14N2O. The van der Waals surface area contributed by atoms with Crippen molar-refractivity contribution < 1.29 is 5.11 Å². The Balaban J connectivity index is 2.28. The van der Waals surface area contributed by atoms with Gasteiger partial charge in [-0.2, -0.15) is 5.10 Å². The lowest BCUT2D eigenvalue weighted by Gasteiger charge is -2.02. The Hall–Kier alpha value is -1.61. The molecule has 1 heterocycles. The molecule has 0 fully saturated rings. The Labute approximate surface area is 89.0 Å². The number of benzene rings is 1. The largest absolute Gasteiger partial charge is 0.390 e. The van der Waals surface area contributed by atoms with Crippen molar-refractivity contribution in [3.63, 3.8) is 0 Å². The van der Waals surface area contributed by atoms with Crippen molar-refractivity contribution in [2.24, 2.45) is 0 Å². The molecule has 1 aromatic carbocycles. The third-order valence-electron chi connectivity index (χ3n) is 2.42. The van der Waals surface area contributed by atoms with E-state index in [2.05, 4.69) is 24.2 Å². The van der Waals surface area contributed by atoms with E-state index in [4.69, 9.17) is 5.11 Å². The number of aryl methyl sites for hydroxylation is 1. The van der Waals surface area contributed by atoms with Gasteiger partial charge < -0.3 is 5.11 Å². The molecule has 1 aromatic heterocycles. The predicted molar refractivity (Wildman–Crippen MR) is 58.9 cm³/mol. The van der Waals surface area contributed by atoms with Gasteiger partial charge in [0, 0.05) is 6.20 Å². The Bertz CT molecular complexity index is 431. The standard InChI is InChI=1S/C12H14N2O/c1-2-10-3-5-12(6-4-10)14-8-7-11(9-15)13-14/h3-8,15H,2,9H2,1H3. The van der Waals surface area contributed by atoms with Crippen molar-refractivity contribution in [2.45, 2.75) is 20.0 Å². The highest BCUT2D eigenvalue weighted by Crippen LogP contribution is 2.10. The molecule has 3 heteroatoms. The molecule has 0 aliphatic carbocycles. The van der Waals surface area contributed by atoms with Gasteiger partial charge in [0.05, 0.1) is 18.0 Å². The molecule has 0 radical (unpaired) electrons. The van der Waals surface area contributed by atoms with Gasteiger partial charge in [0.1, 0.15) is 0 Å². The van der Waals surface area contributed by atoms with Gasteiger partial charge in [0.15, 0.2) is 0 Å². The Kier molecular flexibility index (Phi) is 2.83. The third kappa shape index (κ3) is 2.07. The number of aliphatic hydroxyl groups excluding tert-OH is 1. The van der Waals surface area contributed by atoms with Gasteiger partial charge >= 0.3 is 0 Å². The summed E-state index contributed by atoms with van der Waals surface area (Å²) < 4.78 is 1.77. The lowest BCUT2D eigenvalue weighted by atomic mass is 10.1. The normalized spacial score (nSPS) is 10.5. The zero-order valence-electron chi connectivity index (χ0n) is 8.72. The first-order chi connectivity index (χ1) is 7.33. The summed E-state index contributed by atoms with van der Waals surface area (Å²) in [5.74, 6) is 0. The highest BCUT2D eigenvalue weighted by atomic mass is 16.3. The molecule has 0 amide bonds. The maximum Gasteiger partial charge on any atom is 0.0883 e. The molecule has 0 saturated carbocycles. The van der Waals surface area contributed by atoms with Crippen molar-refractivity contribution in [1.29, 1.82) is 0 Å². The lowest BCUT2D eigenvalue weighted by molar-refractivity contribution is 0.276. The fourth-order valence-corrected chi connectivity index (χ4v) is 1.47. The fraction of sp³-hybridized carbons (Fsp3) is 0.250. The van der Waals surface area contributed by atoms with Crippen LogP contribution in [0.3, 0.4) is 0 Å². The van der Waals surface area contributed by atoms with E-state index >= 15 is 0 Å². The van der Waals surface area contributed by atoms with Crippen LogP contribution in [0, 0.1) is 0 Å². The van der Waals surface area contributed by atoms with Crippen molar-refractivity contribution in [3.8, 4) is 5.69 Å². The number of aliphatic hydroxyl groups is 1. The van der Waals surface area contributed by atoms with Crippen LogP contribution in [0.15, 0.2) is 36.5 Å². The highest BCUT2D eigenvalue weighted by Gasteiger charge is 1.99. The van der Waals surface area contributed by atoms with E-state index in [1.54, 1.807) is 4.68 Å². The molecule has 15 heavy (non-hydrogen) atoms. The summed E-state index contributed by atoms with van der Waals surface area (Å²) in [6.07, 6.45) is 2.90. The lowest BCUT2D eigenvalue weighted by Crippen LogP contribution is -1.96. The van der Waals surface area contributed by atoms with Gasteiger partial charge in [-0.25, -0.2) is 4.68 Å². The van der Waals surface area contributed by atoms with E-state index < -0.39 is 0 Å². The van der Waals surface area contributed by atoms with Crippen molar-refractivity contribution >= 4 is 0 Å². The summed E-state index contributed by atoms with van der Waals surface area (Å²) >= 11 is 0. The number of hydrogen-bond acceptors (Lipinski definition) is 2. The Morgan fingerprint density at radius 3 is 2.47 bits per heavy atom. The van der Waals surface area contributed by atoms with Crippen molar-refractivity contribution in [1.82, 2.24) is 9.78 Å². The highest BCUT2D eigenvalue weighted by molar-refractivity contribution is 5.34. The second kappa shape index (κ2) is 4.28. The molecule has 0 unspecified atom stereocenters. The molecule has 2 rings (SSSR count). The number of rotatable bonds is 3. The van der Waals surface area contributed by atoms with E-state index in [0.29, 0.717) is 5.69 Å². The van der Waals surface area contributed by atoms with Crippen LogP contribution in [0.2, 0.25) is 0 Å². The first kappa shape index (κ1) is 9.93. The minimum atomic E-state index is -0.0138. The molecule has 2 aromatic rings. The third-order valence-corrected chi connectivity index (χ3v) is 2.42. The second-order valence-corrected chi connectivity index (χ2v) is 3.43. The monoisotopic (exact) mass is 202 g/mol. The molecule has 1 N–H and O–H groups in total. The van der Waals surface area contributed by atoms with Crippen LogP contribution in [0.1, 0.15) is 18.2 Å². The van der Waals surface area contributed by atoms with Crippen LogP contribution < -0.4 is 0 Å². The average Bonchev–Trinajstić information content (AvgIpc) is 2.78. The number of hydrogen-bond donors (Lipinski definition) is 1. The SMILES string of the molecule is CCc1ccc(-n2ccc(CO)n2)cc1. The van der Waals surface area contributed by atoms with Crippen LogP contribution >= 0.6 is 0 Å². The Morgan fingerprint density at radius 2 is 1.93 bits per heavy atom. The van der Waals surface area contributed by atoms with E-state index in [1.807, 2.05) is 24.4 Å².